The van der Waals surface area contributed by atoms with E-state index in [1.807, 2.05) is 88.8 Å². The van der Waals surface area contributed by atoms with Crippen molar-refractivity contribution in [1.82, 2.24) is 19.7 Å². The summed E-state index contributed by atoms with van der Waals surface area (Å²) in [5.41, 5.74) is 6.99. The minimum absolute atomic E-state index is 0.0673. The lowest BCUT2D eigenvalue weighted by molar-refractivity contribution is -0.120. The molecule has 0 spiro atoms. The van der Waals surface area contributed by atoms with E-state index >= 15 is 0 Å². The largest absolute Gasteiger partial charge is 0.489 e. The highest BCUT2D eigenvalue weighted by Crippen LogP contribution is 2.39. The zero-order chi connectivity index (χ0) is 29.6. The average molecular weight is 572 g/mol. The summed E-state index contributed by atoms with van der Waals surface area (Å²) >= 11 is 0. The Labute approximate surface area is 253 Å². The van der Waals surface area contributed by atoms with E-state index in [0.29, 0.717) is 25.6 Å². The van der Waals surface area contributed by atoms with Crippen LogP contribution in [0, 0.1) is 0 Å². The number of ether oxygens (including phenoxy) is 1. The van der Waals surface area contributed by atoms with Gasteiger partial charge in [0.25, 0.3) is 0 Å². The molecular formula is C36H37N5O2. The van der Waals surface area contributed by atoms with E-state index in [-0.39, 0.29) is 11.8 Å². The number of rotatable bonds is 10. The number of hydrogen-bond donors (Lipinski definition) is 0. The van der Waals surface area contributed by atoms with Gasteiger partial charge in [-0.2, -0.15) is 5.10 Å². The van der Waals surface area contributed by atoms with Crippen LogP contribution in [0.2, 0.25) is 0 Å². The molecule has 43 heavy (non-hydrogen) atoms. The molecule has 1 atom stereocenters. The predicted molar refractivity (Wildman–Crippen MR) is 168 cm³/mol. The Morgan fingerprint density at radius 3 is 2.58 bits per heavy atom. The van der Waals surface area contributed by atoms with Crippen LogP contribution in [-0.4, -0.2) is 25.7 Å². The fourth-order valence-corrected chi connectivity index (χ4v) is 5.74. The third-order valence-electron chi connectivity index (χ3n) is 8.02. The Kier molecular flexibility index (Phi) is 8.59. The number of carbonyl (C=O) groups excluding carboxylic acids is 1. The number of amides is 1. The molecule has 1 amide bonds. The SMILES string of the molecule is CC(C)c1ccc(N(Cc2cnn(Cc3ccccn3)c2)C(=O)C2CCCc3c(OCc4ccccc4)cccc32)cn1. The molecule has 0 aliphatic heterocycles. The van der Waals surface area contributed by atoms with Crippen molar-refractivity contribution < 1.29 is 9.53 Å². The van der Waals surface area contributed by atoms with Gasteiger partial charge in [0.05, 0.1) is 42.8 Å². The highest BCUT2D eigenvalue weighted by atomic mass is 16.5. The van der Waals surface area contributed by atoms with Crippen molar-refractivity contribution >= 4 is 11.6 Å². The highest BCUT2D eigenvalue weighted by molar-refractivity contribution is 5.98. The summed E-state index contributed by atoms with van der Waals surface area (Å²) in [6, 6.07) is 26.2. The lowest BCUT2D eigenvalue weighted by atomic mass is 9.81. The summed E-state index contributed by atoms with van der Waals surface area (Å²) in [4.78, 5) is 25.5. The molecule has 2 aromatic carbocycles. The number of nitrogens with zero attached hydrogens (tertiary/aromatic N) is 5. The van der Waals surface area contributed by atoms with Crippen LogP contribution in [0.25, 0.3) is 0 Å². The van der Waals surface area contributed by atoms with Crippen LogP contribution in [0.5, 0.6) is 5.75 Å². The van der Waals surface area contributed by atoms with E-state index in [9.17, 15) is 4.79 Å². The highest BCUT2D eigenvalue weighted by Gasteiger charge is 2.32. The second-order valence-corrected chi connectivity index (χ2v) is 11.4. The Bertz CT molecular complexity index is 1650. The molecule has 1 aliphatic carbocycles. The monoisotopic (exact) mass is 571 g/mol. The molecule has 0 fully saturated rings. The van der Waals surface area contributed by atoms with Crippen LogP contribution in [0.1, 0.15) is 72.2 Å². The number of aromatic nitrogens is 4. The summed E-state index contributed by atoms with van der Waals surface area (Å²) in [5, 5.41) is 4.57. The maximum atomic E-state index is 14.5. The number of hydrogen-bond acceptors (Lipinski definition) is 5. The van der Waals surface area contributed by atoms with Gasteiger partial charge in [0.2, 0.25) is 5.91 Å². The molecule has 3 heterocycles. The number of benzene rings is 2. The number of pyridine rings is 2. The lowest BCUT2D eigenvalue weighted by Crippen LogP contribution is -2.36. The Morgan fingerprint density at radius 1 is 0.953 bits per heavy atom. The summed E-state index contributed by atoms with van der Waals surface area (Å²) in [6.07, 6.45) is 10.1. The molecule has 3 aromatic heterocycles. The van der Waals surface area contributed by atoms with Crippen LogP contribution < -0.4 is 9.64 Å². The molecule has 6 rings (SSSR count). The molecule has 0 bridgehead atoms. The number of anilines is 1. The summed E-state index contributed by atoms with van der Waals surface area (Å²) in [7, 11) is 0. The fourth-order valence-electron chi connectivity index (χ4n) is 5.74. The minimum Gasteiger partial charge on any atom is -0.489 e. The van der Waals surface area contributed by atoms with E-state index < -0.39 is 0 Å². The van der Waals surface area contributed by atoms with Gasteiger partial charge in [-0.25, -0.2) is 0 Å². The van der Waals surface area contributed by atoms with Crippen LogP contribution in [0.4, 0.5) is 5.69 Å². The van der Waals surface area contributed by atoms with Crippen LogP contribution in [0.15, 0.2) is 104 Å². The molecular weight excluding hydrogens is 534 g/mol. The molecule has 218 valence electrons. The summed E-state index contributed by atoms with van der Waals surface area (Å²) in [5.74, 6) is 0.974. The normalized spacial score (nSPS) is 14.3. The molecule has 1 unspecified atom stereocenters. The van der Waals surface area contributed by atoms with Crippen LogP contribution >= 0.6 is 0 Å². The maximum absolute atomic E-state index is 14.5. The molecule has 0 N–H and O–H groups in total. The summed E-state index contributed by atoms with van der Waals surface area (Å²) in [6.45, 7) is 5.72. The van der Waals surface area contributed by atoms with Gasteiger partial charge < -0.3 is 9.64 Å². The van der Waals surface area contributed by atoms with E-state index in [1.165, 1.54) is 0 Å². The second kappa shape index (κ2) is 13.0. The Morgan fingerprint density at radius 2 is 1.81 bits per heavy atom. The van der Waals surface area contributed by atoms with E-state index in [2.05, 4.69) is 42.1 Å². The van der Waals surface area contributed by atoms with Gasteiger partial charge in [0, 0.05) is 23.7 Å². The summed E-state index contributed by atoms with van der Waals surface area (Å²) < 4.78 is 8.16. The fraction of sp³-hybridized carbons (Fsp3) is 0.278. The van der Waals surface area contributed by atoms with Gasteiger partial charge in [-0.1, -0.05) is 62.4 Å². The Balaban J connectivity index is 1.27. The Hall–Kier alpha value is -4.78. The predicted octanol–water partition coefficient (Wildman–Crippen LogP) is 7.08. The van der Waals surface area contributed by atoms with Crippen molar-refractivity contribution in [2.45, 2.75) is 64.6 Å². The molecule has 7 heteroatoms. The zero-order valence-electron chi connectivity index (χ0n) is 24.8. The minimum atomic E-state index is -0.266. The topological polar surface area (TPSA) is 73.1 Å². The van der Waals surface area contributed by atoms with Gasteiger partial charge in [0.1, 0.15) is 12.4 Å². The molecule has 5 aromatic rings. The first-order valence-corrected chi connectivity index (χ1v) is 15.0. The van der Waals surface area contributed by atoms with Gasteiger partial charge >= 0.3 is 0 Å². The van der Waals surface area contributed by atoms with Crippen molar-refractivity contribution in [1.29, 1.82) is 0 Å². The van der Waals surface area contributed by atoms with Gasteiger partial charge in [-0.3, -0.25) is 19.4 Å². The standard InChI is InChI=1S/C36H37N5O2/c1-26(2)34-18-17-30(21-38-34)41(23-28-20-39-40(22-28)24-29-12-6-7-19-37-29)36(42)33-15-8-14-32-31(33)13-9-16-35(32)43-25-27-10-4-3-5-11-27/h3-7,9-13,16-22,26,33H,8,14-15,23-25H2,1-2H3. The van der Waals surface area contributed by atoms with Crippen molar-refractivity contribution in [2.24, 2.45) is 0 Å². The van der Waals surface area contributed by atoms with E-state index in [1.54, 1.807) is 6.20 Å². The van der Waals surface area contributed by atoms with Crippen LogP contribution in [-0.2, 0) is 30.9 Å². The molecule has 1 aliphatic rings. The first kappa shape index (κ1) is 28.3. The molecule has 0 saturated carbocycles. The third kappa shape index (κ3) is 6.67. The smallest absolute Gasteiger partial charge is 0.234 e. The van der Waals surface area contributed by atoms with Crippen molar-refractivity contribution in [3.8, 4) is 5.75 Å². The molecule has 7 nitrogen and oxygen atoms in total. The van der Waals surface area contributed by atoms with Gasteiger partial charge in [-0.05, 0) is 72.2 Å². The van der Waals surface area contributed by atoms with Crippen molar-refractivity contribution in [2.75, 3.05) is 4.90 Å². The third-order valence-corrected chi connectivity index (χ3v) is 8.02. The van der Waals surface area contributed by atoms with Crippen molar-refractivity contribution in [3.63, 3.8) is 0 Å². The quantitative estimate of drug-likeness (QED) is 0.179. The lowest BCUT2D eigenvalue weighted by Gasteiger charge is -2.31. The van der Waals surface area contributed by atoms with Gasteiger partial charge in [0.15, 0.2) is 0 Å². The van der Waals surface area contributed by atoms with Crippen LogP contribution in [0.3, 0.4) is 0 Å². The van der Waals surface area contributed by atoms with Crippen molar-refractivity contribution in [3.05, 3.63) is 137 Å². The average Bonchev–Trinajstić information content (AvgIpc) is 3.49. The van der Waals surface area contributed by atoms with E-state index in [4.69, 9.17) is 9.72 Å². The maximum Gasteiger partial charge on any atom is 0.234 e. The second-order valence-electron chi connectivity index (χ2n) is 11.4. The molecule has 0 radical (unpaired) electrons. The first-order valence-electron chi connectivity index (χ1n) is 15.0. The van der Waals surface area contributed by atoms with Gasteiger partial charge in [-0.15, -0.1) is 0 Å². The molecule has 0 saturated heterocycles. The zero-order valence-corrected chi connectivity index (χ0v) is 24.8. The van der Waals surface area contributed by atoms with E-state index in [0.717, 1.165) is 64.3 Å². The number of fused-ring (bicyclic) bond motifs is 1. The number of carbonyl (C=O) groups is 1. The first-order chi connectivity index (χ1) is 21.0.